The van der Waals surface area contributed by atoms with Crippen LogP contribution >= 0.6 is 0 Å². The van der Waals surface area contributed by atoms with E-state index in [1.165, 1.54) is 4.90 Å². The molecule has 0 heterocycles. The minimum atomic E-state index is -4.92. The molecule has 0 saturated heterocycles. The van der Waals surface area contributed by atoms with Gasteiger partial charge in [-0.15, -0.1) is 0 Å². The first-order chi connectivity index (χ1) is 8.29. The van der Waals surface area contributed by atoms with Crippen LogP contribution in [0.4, 0.5) is 13.2 Å². The molecule has 3 nitrogen and oxygen atoms in total. The van der Waals surface area contributed by atoms with Crippen molar-refractivity contribution in [3.63, 3.8) is 0 Å². The van der Waals surface area contributed by atoms with Crippen molar-refractivity contribution in [2.24, 2.45) is 0 Å². The number of esters is 1. The molecule has 1 atom stereocenters. The highest BCUT2D eigenvalue weighted by Crippen LogP contribution is 2.20. The summed E-state index contributed by atoms with van der Waals surface area (Å²) in [6.07, 6.45) is -0.301. The fourth-order valence-electron chi connectivity index (χ4n) is 1.54. The summed E-state index contributed by atoms with van der Waals surface area (Å²) >= 11 is 0. The molecule has 0 amide bonds. The Balaban J connectivity index is 4.04. The molecule has 108 valence electrons. The molecule has 0 radical (unpaired) electrons. The standard InChI is InChI=1S/C12H22F3NO2/c1-4-5-6-7-8-9-10(16(2)3)18-11(17)12(13,14)15/h10H,4-9H2,1-3H3. The van der Waals surface area contributed by atoms with E-state index in [0.717, 1.165) is 32.1 Å². The Bertz CT molecular complexity index is 242. The molecule has 0 rings (SSSR count). The number of carbonyl (C=O) groups excluding carboxylic acids is 1. The summed E-state index contributed by atoms with van der Waals surface area (Å²) in [7, 11) is 3.20. The molecule has 0 aromatic rings. The van der Waals surface area contributed by atoms with Gasteiger partial charge in [-0.05, 0) is 26.9 Å². The van der Waals surface area contributed by atoms with Gasteiger partial charge in [-0.1, -0.05) is 32.6 Å². The summed E-state index contributed by atoms with van der Waals surface area (Å²) in [6.45, 7) is 2.09. The molecule has 6 heteroatoms. The van der Waals surface area contributed by atoms with E-state index in [4.69, 9.17) is 0 Å². The van der Waals surface area contributed by atoms with E-state index in [-0.39, 0.29) is 0 Å². The molecule has 0 aliphatic rings. The SMILES string of the molecule is CCCCCCCC(OC(=O)C(F)(F)F)N(C)C. The lowest BCUT2D eigenvalue weighted by molar-refractivity contribution is -0.211. The molecule has 0 N–H and O–H groups in total. The molecule has 0 aliphatic heterocycles. The highest BCUT2D eigenvalue weighted by molar-refractivity contribution is 5.75. The van der Waals surface area contributed by atoms with Crippen molar-refractivity contribution >= 4 is 5.97 Å². The highest BCUT2D eigenvalue weighted by atomic mass is 19.4. The van der Waals surface area contributed by atoms with Crippen LogP contribution in [0.5, 0.6) is 0 Å². The van der Waals surface area contributed by atoms with Crippen LogP contribution in [-0.2, 0) is 9.53 Å². The Kier molecular flexibility index (Phi) is 7.98. The van der Waals surface area contributed by atoms with Gasteiger partial charge in [-0.3, -0.25) is 4.90 Å². The largest absolute Gasteiger partial charge is 0.490 e. The topological polar surface area (TPSA) is 29.5 Å². The van der Waals surface area contributed by atoms with Crippen molar-refractivity contribution in [2.45, 2.75) is 57.9 Å². The summed E-state index contributed by atoms with van der Waals surface area (Å²) < 4.78 is 40.7. The van der Waals surface area contributed by atoms with Crippen molar-refractivity contribution in [1.82, 2.24) is 4.90 Å². The van der Waals surface area contributed by atoms with Crippen LogP contribution in [0.3, 0.4) is 0 Å². The van der Waals surface area contributed by atoms with Gasteiger partial charge >= 0.3 is 12.1 Å². The molecule has 0 aromatic heterocycles. The first kappa shape index (κ1) is 17.2. The molecule has 0 aromatic carbocycles. The number of carbonyl (C=O) groups is 1. The van der Waals surface area contributed by atoms with Gasteiger partial charge in [0, 0.05) is 0 Å². The van der Waals surface area contributed by atoms with E-state index >= 15 is 0 Å². The van der Waals surface area contributed by atoms with Gasteiger partial charge < -0.3 is 4.74 Å². The minimum Gasteiger partial charge on any atom is -0.440 e. The van der Waals surface area contributed by atoms with Crippen LogP contribution < -0.4 is 0 Å². The number of hydrogen-bond acceptors (Lipinski definition) is 3. The van der Waals surface area contributed by atoms with Crippen molar-refractivity contribution in [1.29, 1.82) is 0 Å². The van der Waals surface area contributed by atoms with Crippen molar-refractivity contribution < 1.29 is 22.7 Å². The normalized spacial score (nSPS) is 13.7. The average Bonchev–Trinajstić information content (AvgIpc) is 2.25. The summed E-state index contributed by atoms with van der Waals surface area (Å²) in [6, 6.07) is 0. The monoisotopic (exact) mass is 269 g/mol. The lowest BCUT2D eigenvalue weighted by Crippen LogP contribution is -2.37. The van der Waals surface area contributed by atoms with Gasteiger partial charge in [0.25, 0.3) is 0 Å². The van der Waals surface area contributed by atoms with Gasteiger partial charge in [0.15, 0.2) is 6.23 Å². The van der Waals surface area contributed by atoms with Crippen molar-refractivity contribution in [3.05, 3.63) is 0 Å². The summed E-state index contributed by atoms with van der Waals surface area (Å²) in [5.41, 5.74) is 0. The van der Waals surface area contributed by atoms with Gasteiger partial charge in [0.1, 0.15) is 0 Å². The van der Waals surface area contributed by atoms with E-state index in [2.05, 4.69) is 11.7 Å². The van der Waals surface area contributed by atoms with Crippen LogP contribution in [0.25, 0.3) is 0 Å². The van der Waals surface area contributed by atoms with Crippen LogP contribution in [-0.4, -0.2) is 37.4 Å². The smallest absolute Gasteiger partial charge is 0.440 e. The molecule has 18 heavy (non-hydrogen) atoms. The van der Waals surface area contributed by atoms with Gasteiger partial charge in [0.2, 0.25) is 0 Å². The Morgan fingerprint density at radius 1 is 1.17 bits per heavy atom. The summed E-state index contributed by atoms with van der Waals surface area (Å²) in [5, 5.41) is 0. The van der Waals surface area contributed by atoms with Gasteiger partial charge in [-0.2, -0.15) is 13.2 Å². The third-order valence-electron chi connectivity index (χ3n) is 2.61. The minimum absolute atomic E-state index is 0.429. The number of hydrogen-bond donors (Lipinski definition) is 0. The Morgan fingerprint density at radius 3 is 2.17 bits per heavy atom. The van der Waals surface area contributed by atoms with Crippen LogP contribution in [0.15, 0.2) is 0 Å². The maximum absolute atomic E-state index is 12.1. The first-order valence-electron chi connectivity index (χ1n) is 6.23. The molecule has 0 bridgehead atoms. The lowest BCUT2D eigenvalue weighted by Gasteiger charge is -2.24. The highest BCUT2D eigenvalue weighted by Gasteiger charge is 2.42. The second-order valence-electron chi connectivity index (χ2n) is 4.52. The Labute approximate surface area is 106 Å². The molecular formula is C12H22F3NO2. The lowest BCUT2D eigenvalue weighted by atomic mass is 10.1. The maximum Gasteiger partial charge on any atom is 0.490 e. The third-order valence-corrected chi connectivity index (χ3v) is 2.61. The van der Waals surface area contributed by atoms with E-state index in [0.29, 0.717) is 6.42 Å². The number of nitrogens with zero attached hydrogens (tertiary/aromatic N) is 1. The second-order valence-corrected chi connectivity index (χ2v) is 4.52. The predicted octanol–water partition coefficient (Wildman–Crippen LogP) is 3.34. The van der Waals surface area contributed by atoms with Crippen molar-refractivity contribution in [2.75, 3.05) is 14.1 Å². The number of rotatable bonds is 8. The van der Waals surface area contributed by atoms with E-state index in [1.54, 1.807) is 14.1 Å². The van der Waals surface area contributed by atoms with E-state index < -0.39 is 18.4 Å². The van der Waals surface area contributed by atoms with Crippen LogP contribution in [0, 0.1) is 0 Å². The molecule has 0 spiro atoms. The van der Waals surface area contributed by atoms with Gasteiger partial charge in [0.05, 0.1) is 0 Å². The van der Waals surface area contributed by atoms with Crippen molar-refractivity contribution in [3.8, 4) is 0 Å². The molecule has 0 saturated carbocycles. The zero-order valence-electron chi connectivity index (χ0n) is 11.2. The second kappa shape index (κ2) is 8.34. The summed E-state index contributed by atoms with van der Waals surface area (Å²) in [5.74, 6) is -2.12. The maximum atomic E-state index is 12.1. The molecular weight excluding hydrogens is 247 g/mol. The zero-order chi connectivity index (χ0) is 14.2. The van der Waals surface area contributed by atoms with Crippen LogP contribution in [0.1, 0.15) is 45.4 Å². The number of halogens is 3. The quantitative estimate of drug-likeness (QED) is 0.384. The molecule has 1 unspecified atom stereocenters. The molecule has 0 fully saturated rings. The van der Waals surface area contributed by atoms with Gasteiger partial charge in [-0.25, -0.2) is 4.79 Å². The zero-order valence-corrected chi connectivity index (χ0v) is 11.2. The predicted molar refractivity (Wildman–Crippen MR) is 63.0 cm³/mol. The first-order valence-corrected chi connectivity index (χ1v) is 6.23. The van der Waals surface area contributed by atoms with E-state index in [1.807, 2.05) is 0 Å². The van der Waals surface area contributed by atoms with Crippen LogP contribution in [0.2, 0.25) is 0 Å². The van der Waals surface area contributed by atoms with E-state index in [9.17, 15) is 18.0 Å². The fourth-order valence-corrected chi connectivity index (χ4v) is 1.54. The summed E-state index contributed by atoms with van der Waals surface area (Å²) in [4.78, 5) is 12.2. The fraction of sp³-hybridized carbons (Fsp3) is 0.917. The number of unbranched alkanes of at least 4 members (excludes halogenated alkanes) is 4. The number of alkyl halides is 3. The Hall–Kier alpha value is -0.780. The number of ether oxygens (including phenoxy) is 1. The molecule has 0 aliphatic carbocycles. The Morgan fingerprint density at radius 2 is 1.72 bits per heavy atom. The average molecular weight is 269 g/mol. The third kappa shape index (κ3) is 7.53.